The average Bonchev–Trinajstić information content (AvgIpc) is 2.78. The molecule has 3 rings (SSSR count). The lowest BCUT2D eigenvalue weighted by Gasteiger charge is -2.24. The Morgan fingerprint density at radius 1 is 1.03 bits per heavy atom. The van der Waals surface area contributed by atoms with Crippen molar-refractivity contribution in [3.63, 3.8) is 0 Å². The van der Waals surface area contributed by atoms with Crippen LogP contribution in [0.25, 0.3) is 0 Å². The zero-order chi connectivity index (χ0) is 22.4. The molecule has 0 spiro atoms. The molecule has 5 nitrogen and oxygen atoms in total. The van der Waals surface area contributed by atoms with Crippen molar-refractivity contribution < 1.29 is 17.6 Å². The second kappa shape index (κ2) is 9.98. The van der Waals surface area contributed by atoms with Crippen LogP contribution in [0, 0.1) is 5.82 Å². The fraction of sp³-hybridized carbons (Fsp3) is 0.174. The first-order valence-corrected chi connectivity index (χ1v) is 12.3. The Hall–Kier alpha value is -2.84. The number of anilines is 2. The van der Waals surface area contributed by atoms with Gasteiger partial charge < -0.3 is 5.32 Å². The molecule has 0 aliphatic rings. The number of hydrogen-bond donors (Lipinski definition) is 1. The second-order valence-electron chi connectivity index (χ2n) is 6.77. The Morgan fingerprint density at radius 2 is 1.71 bits per heavy atom. The molecule has 0 heterocycles. The predicted octanol–water partition coefficient (Wildman–Crippen LogP) is 4.94. The smallest absolute Gasteiger partial charge is 0.264 e. The summed E-state index contributed by atoms with van der Waals surface area (Å²) in [5.74, 6) is -1.12. The van der Waals surface area contributed by atoms with Crippen molar-refractivity contribution in [2.24, 2.45) is 0 Å². The predicted molar refractivity (Wildman–Crippen MR) is 124 cm³/mol. The van der Waals surface area contributed by atoms with Crippen molar-refractivity contribution in [3.05, 3.63) is 84.2 Å². The number of thioether (sulfide) groups is 1. The minimum absolute atomic E-state index is 0.0228. The number of nitrogens with one attached hydrogen (secondary N) is 1. The highest BCUT2D eigenvalue weighted by molar-refractivity contribution is 7.98. The van der Waals surface area contributed by atoms with Gasteiger partial charge in [0, 0.05) is 10.6 Å². The Labute approximate surface area is 186 Å². The summed E-state index contributed by atoms with van der Waals surface area (Å²) in [6.45, 7) is 1.53. The van der Waals surface area contributed by atoms with E-state index in [2.05, 4.69) is 5.32 Å². The Morgan fingerprint density at radius 3 is 2.29 bits per heavy atom. The largest absolute Gasteiger partial charge is 0.325 e. The number of rotatable bonds is 8. The van der Waals surface area contributed by atoms with Crippen LogP contribution in [0.3, 0.4) is 0 Å². The standard InChI is InChI=1S/C23H23FN2O3S2/c1-3-17-7-9-19(10-8-17)25-23(27)16-26(20-6-4-5-18(24)15-20)31(28,29)22-13-11-21(30-2)12-14-22/h4-15H,3,16H2,1-2H3,(H,25,27). The highest BCUT2D eigenvalue weighted by Gasteiger charge is 2.27. The summed E-state index contributed by atoms with van der Waals surface area (Å²) >= 11 is 1.49. The number of benzene rings is 3. The zero-order valence-corrected chi connectivity index (χ0v) is 18.8. The molecule has 0 saturated heterocycles. The topological polar surface area (TPSA) is 66.5 Å². The van der Waals surface area contributed by atoms with Crippen LogP contribution in [0.2, 0.25) is 0 Å². The van der Waals surface area contributed by atoms with E-state index in [-0.39, 0.29) is 10.6 Å². The van der Waals surface area contributed by atoms with Crippen molar-refractivity contribution in [2.45, 2.75) is 23.1 Å². The zero-order valence-electron chi connectivity index (χ0n) is 17.2. The minimum atomic E-state index is -4.10. The van der Waals surface area contributed by atoms with E-state index in [1.807, 2.05) is 25.3 Å². The highest BCUT2D eigenvalue weighted by Crippen LogP contribution is 2.26. The molecule has 0 aliphatic carbocycles. The number of carbonyl (C=O) groups excluding carboxylic acids is 1. The minimum Gasteiger partial charge on any atom is -0.325 e. The summed E-state index contributed by atoms with van der Waals surface area (Å²) in [6, 6.07) is 18.8. The lowest BCUT2D eigenvalue weighted by molar-refractivity contribution is -0.114. The molecule has 3 aromatic rings. The van der Waals surface area contributed by atoms with Gasteiger partial charge in [-0.15, -0.1) is 11.8 Å². The maximum absolute atomic E-state index is 13.8. The molecule has 3 aromatic carbocycles. The van der Waals surface area contributed by atoms with Gasteiger partial charge in [0.2, 0.25) is 5.91 Å². The molecule has 1 amide bonds. The molecule has 1 N–H and O–H groups in total. The molecule has 0 aliphatic heterocycles. The number of aryl methyl sites for hydroxylation is 1. The Balaban J connectivity index is 1.91. The van der Waals surface area contributed by atoms with Crippen LogP contribution in [0.5, 0.6) is 0 Å². The van der Waals surface area contributed by atoms with Crippen molar-refractivity contribution in [2.75, 3.05) is 22.4 Å². The quantitative estimate of drug-likeness (QED) is 0.486. The van der Waals surface area contributed by atoms with E-state index >= 15 is 0 Å². The molecule has 0 bridgehead atoms. The normalized spacial score (nSPS) is 11.2. The molecule has 162 valence electrons. The number of amides is 1. The number of hydrogen-bond acceptors (Lipinski definition) is 4. The van der Waals surface area contributed by atoms with Crippen LogP contribution in [0.1, 0.15) is 12.5 Å². The molecule has 0 fully saturated rings. The maximum atomic E-state index is 13.8. The number of nitrogens with zero attached hydrogens (tertiary/aromatic N) is 1. The van der Waals surface area contributed by atoms with Gasteiger partial charge in [0.15, 0.2) is 0 Å². The molecular weight excluding hydrogens is 435 g/mol. The number of halogens is 1. The molecule has 31 heavy (non-hydrogen) atoms. The van der Waals surface area contributed by atoms with Crippen LogP contribution in [-0.2, 0) is 21.2 Å². The fourth-order valence-corrected chi connectivity index (χ4v) is 4.80. The molecule has 0 radical (unpaired) electrons. The Kier molecular flexibility index (Phi) is 7.35. The first-order valence-electron chi connectivity index (χ1n) is 9.64. The van der Waals surface area contributed by atoms with Gasteiger partial charge in [-0.25, -0.2) is 12.8 Å². The Bertz CT molecular complexity index is 1150. The van der Waals surface area contributed by atoms with Gasteiger partial charge in [0.1, 0.15) is 12.4 Å². The first-order chi connectivity index (χ1) is 14.8. The van der Waals surface area contributed by atoms with Gasteiger partial charge in [-0.1, -0.05) is 25.1 Å². The average molecular weight is 459 g/mol. The summed E-state index contributed by atoms with van der Waals surface area (Å²) in [5, 5.41) is 2.71. The lowest BCUT2D eigenvalue weighted by Crippen LogP contribution is -2.38. The number of carbonyl (C=O) groups is 1. The van der Waals surface area contributed by atoms with Crippen molar-refractivity contribution >= 4 is 39.1 Å². The van der Waals surface area contributed by atoms with E-state index in [0.717, 1.165) is 27.3 Å². The van der Waals surface area contributed by atoms with Crippen LogP contribution in [0.4, 0.5) is 15.8 Å². The van der Waals surface area contributed by atoms with E-state index < -0.39 is 28.3 Å². The molecule has 0 aromatic heterocycles. The van der Waals surface area contributed by atoms with Crippen molar-refractivity contribution in [1.29, 1.82) is 0 Å². The van der Waals surface area contributed by atoms with Gasteiger partial charge in [-0.2, -0.15) is 0 Å². The lowest BCUT2D eigenvalue weighted by atomic mass is 10.1. The summed E-state index contributed by atoms with van der Waals surface area (Å²) in [4.78, 5) is 13.6. The SMILES string of the molecule is CCc1ccc(NC(=O)CN(c2cccc(F)c2)S(=O)(=O)c2ccc(SC)cc2)cc1. The maximum Gasteiger partial charge on any atom is 0.264 e. The molecule has 0 saturated carbocycles. The van der Waals surface area contributed by atoms with Crippen molar-refractivity contribution in [1.82, 2.24) is 0 Å². The van der Waals surface area contributed by atoms with E-state index in [4.69, 9.17) is 0 Å². The van der Waals surface area contributed by atoms with E-state index in [9.17, 15) is 17.6 Å². The monoisotopic (exact) mass is 458 g/mol. The van der Waals surface area contributed by atoms with Crippen molar-refractivity contribution in [3.8, 4) is 0 Å². The van der Waals surface area contributed by atoms with Gasteiger partial charge in [-0.05, 0) is 72.8 Å². The van der Waals surface area contributed by atoms with Crippen LogP contribution in [0.15, 0.2) is 82.6 Å². The fourth-order valence-electron chi connectivity index (χ4n) is 2.98. The molecular formula is C23H23FN2O3S2. The van der Waals surface area contributed by atoms with Gasteiger partial charge in [0.25, 0.3) is 10.0 Å². The van der Waals surface area contributed by atoms with E-state index in [1.165, 1.54) is 42.1 Å². The van der Waals surface area contributed by atoms with Crippen LogP contribution < -0.4 is 9.62 Å². The van der Waals surface area contributed by atoms with Crippen LogP contribution in [-0.4, -0.2) is 27.1 Å². The van der Waals surface area contributed by atoms with Crippen LogP contribution >= 0.6 is 11.8 Å². The van der Waals surface area contributed by atoms with E-state index in [0.29, 0.717) is 5.69 Å². The summed E-state index contributed by atoms with van der Waals surface area (Å²) in [7, 11) is -4.10. The van der Waals surface area contributed by atoms with Gasteiger partial charge in [-0.3, -0.25) is 9.10 Å². The molecule has 0 atom stereocenters. The third-order valence-electron chi connectivity index (χ3n) is 4.68. The van der Waals surface area contributed by atoms with Gasteiger partial charge in [0.05, 0.1) is 10.6 Å². The third kappa shape index (κ3) is 5.65. The molecule has 0 unspecified atom stereocenters. The van der Waals surface area contributed by atoms with Gasteiger partial charge >= 0.3 is 0 Å². The third-order valence-corrected chi connectivity index (χ3v) is 7.21. The summed E-state index contributed by atoms with van der Waals surface area (Å²) in [5.41, 5.74) is 1.75. The second-order valence-corrected chi connectivity index (χ2v) is 9.51. The first kappa shape index (κ1) is 22.8. The summed E-state index contributed by atoms with van der Waals surface area (Å²) < 4.78 is 41.4. The molecule has 8 heteroatoms. The highest BCUT2D eigenvalue weighted by atomic mass is 32.2. The number of sulfonamides is 1. The summed E-state index contributed by atoms with van der Waals surface area (Å²) in [6.07, 6.45) is 2.76. The van der Waals surface area contributed by atoms with E-state index in [1.54, 1.807) is 24.3 Å².